The van der Waals surface area contributed by atoms with Gasteiger partial charge in [0.25, 0.3) is 0 Å². The molecule has 1 aromatic heterocycles. The maximum Gasteiger partial charge on any atom is 0.152 e. The first-order valence-corrected chi connectivity index (χ1v) is 4.42. The van der Waals surface area contributed by atoms with E-state index in [1.54, 1.807) is 6.07 Å². The van der Waals surface area contributed by atoms with Gasteiger partial charge < -0.3 is 4.98 Å². The number of halogens is 2. The van der Waals surface area contributed by atoms with E-state index in [0.717, 1.165) is 12.2 Å². The lowest BCUT2D eigenvalue weighted by molar-refractivity contribution is 0.637. The highest BCUT2D eigenvalue weighted by molar-refractivity contribution is 6.31. The van der Waals surface area contributed by atoms with Crippen molar-refractivity contribution in [1.29, 1.82) is 0 Å². The number of aryl methyl sites for hydroxylation is 1. The number of H-pyrrole nitrogens is 1. The van der Waals surface area contributed by atoms with Gasteiger partial charge in [0.1, 0.15) is 11.3 Å². The lowest BCUT2D eigenvalue weighted by Gasteiger charge is -1.91. The molecule has 68 valence electrons. The fraction of sp³-hybridized carbons (Fsp3) is 0.222. The number of hydrogen-bond donors (Lipinski definition) is 1. The van der Waals surface area contributed by atoms with E-state index in [-0.39, 0.29) is 5.82 Å². The Kier molecular flexibility index (Phi) is 1.96. The molecule has 1 heterocycles. The van der Waals surface area contributed by atoms with E-state index >= 15 is 0 Å². The van der Waals surface area contributed by atoms with Gasteiger partial charge in [-0.2, -0.15) is 0 Å². The Hall–Kier alpha value is -1.09. The molecule has 0 saturated heterocycles. The minimum absolute atomic E-state index is 0.362. The Morgan fingerprint density at radius 3 is 3.00 bits per heavy atom. The van der Waals surface area contributed by atoms with Crippen LogP contribution in [0.5, 0.6) is 0 Å². The van der Waals surface area contributed by atoms with Crippen LogP contribution in [0.4, 0.5) is 4.39 Å². The van der Waals surface area contributed by atoms with Crippen molar-refractivity contribution in [1.82, 2.24) is 9.97 Å². The first-order chi connectivity index (χ1) is 6.20. The minimum Gasteiger partial charge on any atom is -0.342 e. The van der Waals surface area contributed by atoms with Crippen LogP contribution in [0.25, 0.3) is 11.0 Å². The second-order valence-corrected chi connectivity index (χ2v) is 3.26. The summed E-state index contributed by atoms with van der Waals surface area (Å²) < 4.78 is 13.2. The summed E-state index contributed by atoms with van der Waals surface area (Å²) in [4.78, 5) is 7.07. The van der Waals surface area contributed by atoms with Gasteiger partial charge in [0.2, 0.25) is 0 Å². The smallest absolute Gasteiger partial charge is 0.152 e. The summed E-state index contributed by atoms with van der Waals surface area (Å²) in [6.07, 6.45) is 0.756. The van der Waals surface area contributed by atoms with Crippen LogP contribution >= 0.6 is 11.6 Å². The van der Waals surface area contributed by atoms with E-state index in [9.17, 15) is 4.39 Å². The summed E-state index contributed by atoms with van der Waals surface area (Å²) >= 11 is 5.69. The highest BCUT2D eigenvalue weighted by Gasteiger charge is 2.07. The monoisotopic (exact) mass is 198 g/mol. The minimum atomic E-state index is -0.376. The quantitative estimate of drug-likeness (QED) is 0.750. The molecule has 2 rings (SSSR count). The van der Waals surface area contributed by atoms with Crippen molar-refractivity contribution in [3.63, 3.8) is 0 Å². The van der Waals surface area contributed by atoms with E-state index in [1.165, 1.54) is 6.07 Å². The Balaban J connectivity index is 2.75. The van der Waals surface area contributed by atoms with Crippen LogP contribution in [0.2, 0.25) is 5.02 Å². The van der Waals surface area contributed by atoms with Crippen molar-refractivity contribution in [2.45, 2.75) is 13.3 Å². The molecule has 0 saturated carbocycles. The van der Waals surface area contributed by atoms with Crippen molar-refractivity contribution in [3.05, 3.63) is 28.8 Å². The van der Waals surface area contributed by atoms with Crippen molar-refractivity contribution < 1.29 is 4.39 Å². The van der Waals surface area contributed by atoms with Gasteiger partial charge in [0.15, 0.2) is 5.82 Å². The number of nitrogens with one attached hydrogen (secondary N) is 1. The Morgan fingerprint density at radius 2 is 2.31 bits per heavy atom. The number of rotatable bonds is 1. The molecule has 13 heavy (non-hydrogen) atoms. The third kappa shape index (κ3) is 1.40. The summed E-state index contributed by atoms with van der Waals surface area (Å²) in [5, 5.41) is 0.385. The fourth-order valence-electron chi connectivity index (χ4n) is 1.26. The molecule has 0 radical (unpaired) electrons. The highest BCUT2D eigenvalue weighted by atomic mass is 35.5. The SMILES string of the molecule is CCc1nc2c(F)cc(Cl)cc2[nH]1. The van der Waals surface area contributed by atoms with Crippen LogP contribution in [0, 0.1) is 5.82 Å². The van der Waals surface area contributed by atoms with Crippen LogP contribution in [0.1, 0.15) is 12.7 Å². The Bertz CT molecular complexity index is 450. The van der Waals surface area contributed by atoms with Crippen molar-refractivity contribution >= 4 is 22.6 Å². The van der Waals surface area contributed by atoms with E-state index in [2.05, 4.69) is 9.97 Å². The largest absolute Gasteiger partial charge is 0.342 e. The average molecular weight is 199 g/mol. The normalized spacial score (nSPS) is 11.0. The lowest BCUT2D eigenvalue weighted by atomic mass is 10.3. The third-order valence-corrected chi connectivity index (χ3v) is 2.11. The van der Waals surface area contributed by atoms with E-state index in [0.29, 0.717) is 16.1 Å². The Labute approximate surface area is 79.7 Å². The highest BCUT2D eigenvalue weighted by Crippen LogP contribution is 2.20. The first kappa shape index (κ1) is 8.51. The fourth-order valence-corrected chi connectivity index (χ4v) is 1.47. The summed E-state index contributed by atoms with van der Waals surface area (Å²) in [7, 11) is 0. The van der Waals surface area contributed by atoms with E-state index in [4.69, 9.17) is 11.6 Å². The second kappa shape index (κ2) is 3.00. The summed E-state index contributed by atoms with van der Waals surface area (Å²) in [6.45, 7) is 1.96. The molecule has 0 aliphatic carbocycles. The average Bonchev–Trinajstić information content (AvgIpc) is 2.47. The summed E-state index contributed by atoms with van der Waals surface area (Å²) in [5.74, 6) is 0.398. The van der Waals surface area contributed by atoms with Crippen molar-refractivity contribution in [3.8, 4) is 0 Å². The number of aromatic amines is 1. The molecule has 0 spiro atoms. The molecule has 2 aromatic rings. The maximum absolute atomic E-state index is 13.2. The van der Waals surface area contributed by atoms with Gasteiger partial charge in [-0.1, -0.05) is 18.5 Å². The third-order valence-electron chi connectivity index (χ3n) is 1.89. The topological polar surface area (TPSA) is 28.7 Å². The van der Waals surface area contributed by atoms with Crippen LogP contribution in [-0.4, -0.2) is 9.97 Å². The molecule has 0 atom stereocenters. The van der Waals surface area contributed by atoms with Crippen LogP contribution in [-0.2, 0) is 6.42 Å². The first-order valence-electron chi connectivity index (χ1n) is 4.04. The van der Waals surface area contributed by atoms with Gasteiger partial charge in [-0.05, 0) is 12.1 Å². The second-order valence-electron chi connectivity index (χ2n) is 2.82. The molecule has 4 heteroatoms. The molecule has 0 fully saturated rings. The molecule has 0 aliphatic rings. The zero-order valence-corrected chi connectivity index (χ0v) is 7.82. The van der Waals surface area contributed by atoms with E-state index < -0.39 is 0 Å². The zero-order valence-electron chi connectivity index (χ0n) is 7.06. The van der Waals surface area contributed by atoms with Gasteiger partial charge in [-0.25, -0.2) is 9.37 Å². The zero-order chi connectivity index (χ0) is 9.42. The van der Waals surface area contributed by atoms with Crippen LogP contribution < -0.4 is 0 Å². The number of fused-ring (bicyclic) bond motifs is 1. The summed E-state index contributed by atoms with van der Waals surface area (Å²) in [6, 6.07) is 2.94. The van der Waals surface area contributed by atoms with Crippen molar-refractivity contribution in [2.24, 2.45) is 0 Å². The molecule has 0 unspecified atom stereocenters. The standard InChI is InChI=1S/C9H8ClFN2/c1-2-8-12-7-4-5(10)3-6(11)9(7)13-8/h3-4H,2H2,1H3,(H,12,13). The number of benzene rings is 1. The van der Waals surface area contributed by atoms with Gasteiger partial charge in [-0.3, -0.25) is 0 Å². The molecule has 0 aliphatic heterocycles. The molecule has 0 bridgehead atoms. The van der Waals surface area contributed by atoms with Gasteiger partial charge in [0, 0.05) is 11.4 Å². The Morgan fingerprint density at radius 1 is 1.54 bits per heavy atom. The predicted octanol–water partition coefficient (Wildman–Crippen LogP) is 2.92. The van der Waals surface area contributed by atoms with Crippen LogP contribution in [0.3, 0.4) is 0 Å². The molecule has 1 N–H and O–H groups in total. The lowest BCUT2D eigenvalue weighted by Crippen LogP contribution is -1.80. The van der Waals surface area contributed by atoms with Gasteiger partial charge >= 0.3 is 0 Å². The number of nitrogens with zero attached hydrogens (tertiary/aromatic N) is 1. The number of aromatic nitrogens is 2. The van der Waals surface area contributed by atoms with Gasteiger partial charge in [-0.15, -0.1) is 0 Å². The molecular formula is C9H8ClFN2. The van der Waals surface area contributed by atoms with Gasteiger partial charge in [0.05, 0.1) is 5.52 Å². The number of hydrogen-bond acceptors (Lipinski definition) is 1. The molecule has 2 nitrogen and oxygen atoms in total. The molecular weight excluding hydrogens is 191 g/mol. The van der Waals surface area contributed by atoms with Crippen molar-refractivity contribution in [2.75, 3.05) is 0 Å². The molecule has 1 aromatic carbocycles. The van der Waals surface area contributed by atoms with Crippen LogP contribution in [0.15, 0.2) is 12.1 Å². The number of imidazole rings is 1. The summed E-state index contributed by atoms with van der Waals surface area (Å²) in [5.41, 5.74) is 1.02. The molecule has 0 amide bonds. The van der Waals surface area contributed by atoms with E-state index in [1.807, 2.05) is 6.92 Å². The maximum atomic E-state index is 13.2. The predicted molar refractivity (Wildman–Crippen MR) is 50.4 cm³/mol.